The number of benzene rings is 4. The Labute approximate surface area is 281 Å². The zero-order valence-electron chi connectivity index (χ0n) is 21.8. The van der Waals surface area contributed by atoms with Crippen molar-refractivity contribution in [2.45, 2.75) is 9.79 Å². The molecule has 0 unspecified atom stereocenters. The summed E-state index contributed by atoms with van der Waals surface area (Å²) in [7, 11) is -4.65. The molecule has 0 aliphatic heterocycles. The molecule has 194 valence electrons. The first-order valence-corrected chi connectivity index (χ1v) is 13.3. The molecule has 0 saturated carbocycles. The van der Waals surface area contributed by atoms with Crippen LogP contribution in [0.2, 0.25) is 0 Å². The Bertz CT molecular complexity index is 1590. The third-order valence-electron chi connectivity index (χ3n) is 5.56. The van der Waals surface area contributed by atoms with E-state index in [9.17, 15) is 18.2 Å². The Balaban J connectivity index is 0.00000280. The first kappa shape index (κ1) is 34.3. The van der Waals surface area contributed by atoms with Crippen LogP contribution in [0.25, 0.3) is 35.4 Å². The molecular formula is C28H22N2Na2O6S2. The first-order chi connectivity index (χ1) is 18.2. The molecule has 4 N–H and O–H groups in total. The van der Waals surface area contributed by atoms with Crippen LogP contribution in [0.4, 0.5) is 11.4 Å². The Kier molecular flexibility index (Phi) is 13.7. The summed E-state index contributed by atoms with van der Waals surface area (Å²) in [6.07, 6.45) is 7.12. The second kappa shape index (κ2) is 15.9. The van der Waals surface area contributed by atoms with Gasteiger partial charge in [0.25, 0.3) is 0 Å². The second-order valence-corrected chi connectivity index (χ2v) is 10.3. The molecule has 0 aromatic heterocycles. The van der Waals surface area contributed by atoms with Gasteiger partial charge in [0.05, 0.1) is 16.9 Å². The van der Waals surface area contributed by atoms with E-state index in [1.807, 2.05) is 66.7 Å². The molecule has 12 heteroatoms. The zero-order chi connectivity index (χ0) is 27.1. The Hall–Kier alpha value is -1.90. The van der Waals surface area contributed by atoms with E-state index in [4.69, 9.17) is 11.5 Å². The average molecular weight is 593 g/mol. The number of nitrogens with two attached hydrogens (primary N) is 2. The van der Waals surface area contributed by atoms with E-state index >= 15 is 0 Å². The SMILES string of the molecule is Nc1ccc(C=Cc2ccc(-c3ccc(C=Cc4ccc(N)cc4S(=O)(=O)[O-])cc3)cc2)c(SOO[O-])c1.[Na+].[Na+]. The molecule has 0 spiro atoms. The maximum Gasteiger partial charge on any atom is 1.00 e. The largest absolute Gasteiger partial charge is 1.00 e. The second-order valence-electron chi connectivity index (χ2n) is 8.18. The zero-order valence-corrected chi connectivity index (χ0v) is 27.4. The summed E-state index contributed by atoms with van der Waals surface area (Å²) >= 11 is 0.785. The average Bonchev–Trinajstić information content (AvgIpc) is 2.91. The predicted octanol–water partition coefficient (Wildman–Crippen LogP) is -0.998. The van der Waals surface area contributed by atoms with Gasteiger partial charge in [-0.15, -0.1) is 0 Å². The van der Waals surface area contributed by atoms with Crippen molar-refractivity contribution in [2.75, 3.05) is 11.5 Å². The summed E-state index contributed by atoms with van der Waals surface area (Å²) in [5.41, 5.74) is 17.1. The van der Waals surface area contributed by atoms with Gasteiger partial charge in [0.2, 0.25) is 0 Å². The van der Waals surface area contributed by atoms with E-state index in [0.29, 0.717) is 10.6 Å². The minimum Gasteiger partial charge on any atom is -0.744 e. The third kappa shape index (κ3) is 9.59. The maximum atomic E-state index is 11.5. The van der Waals surface area contributed by atoms with Gasteiger partial charge in [0.1, 0.15) is 10.1 Å². The van der Waals surface area contributed by atoms with Crippen LogP contribution in [-0.2, 0) is 19.5 Å². The first-order valence-electron chi connectivity index (χ1n) is 11.2. The summed E-state index contributed by atoms with van der Waals surface area (Å²) in [5.74, 6) is 0. The summed E-state index contributed by atoms with van der Waals surface area (Å²) in [6.45, 7) is 0. The summed E-state index contributed by atoms with van der Waals surface area (Å²) in [5, 5.41) is 13.6. The monoisotopic (exact) mass is 592 g/mol. The van der Waals surface area contributed by atoms with Crippen LogP contribution in [0, 0.1) is 0 Å². The van der Waals surface area contributed by atoms with Gasteiger partial charge in [-0.25, -0.2) is 8.42 Å². The van der Waals surface area contributed by atoms with Crippen molar-refractivity contribution in [3.05, 3.63) is 107 Å². The molecule has 4 rings (SSSR count). The van der Waals surface area contributed by atoms with Gasteiger partial charge in [-0.05, 0) is 57.6 Å². The summed E-state index contributed by atoms with van der Waals surface area (Å²) in [4.78, 5) is 0.292. The van der Waals surface area contributed by atoms with E-state index in [0.717, 1.165) is 45.9 Å². The van der Waals surface area contributed by atoms with Crippen molar-refractivity contribution in [1.29, 1.82) is 0 Å². The molecule has 8 nitrogen and oxygen atoms in total. The van der Waals surface area contributed by atoms with Crippen molar-refractivity contribution in [3.63, 3.8) is 0 Å². The molecule has 40 heavy (non-hydrogen) atoms. The molecule has 0 saturated heterocycles. The fourth-order valence-electron chi connectivity index (χ4n) is 3.66. The molecule has 0 heterocycles. The van der Waals surface area contributed by atoms with Gasteiger partial charge in [0, 0.05) is 16.3 Å². The van der Waals surface area contributed by atoms with Crippen LogP contribution in [0.1, 0.15) is 22.3 Å². The van der Waals surface area contributed by atoms with Crippen LogP contribution < -0.4 is 75.8 Å². The predicted molar refractivity (Wildman–Crippen MR) is 147 cm³/mol. The third-order valence-corrected chi connectivity index (χ3v) is 7.11. The topological polar surface area (TPSA) is 151 Å². The Morgan fingerprint density at radius 1 is 0.675 bits per heavy atom. The van der Waals surface area contributed by atoms with Crippen LogP contribution in [-0.4, -0.2) is 13.0 Å². The molecule has 0 aliphatic rings. The number of rotatable bonds is 9. The fourth-order valence-corrected chi connectivity index (χ4v) is 4.88. The van der Waals surface area contributed by atoms with Gasteiger partial charge >= 0.3 is 59.1 Å². The number of anilines is 2. The van der Waals surface area contributed by atoms with E-state index in [1.165, 1.54) is 6.07 Å². The minimum atomic E-state index is -4.65. The maximum absolute atomic E-state index is 11.5. The van der Waals surface area contributed by atoms with Gasteiger partial charge in [-0.3, -0.25) is 5.04 Å². The van der Waals surface area contributed by atoms with Crippen molar-refractivity contribution >= 4 is 57.8 Å². The van der Waals surface area contributed by atoms with Crippen LogP contribution >= 0.6 is 12.0 Å². The molecule has 0 bridgehead atoms. The van der Waals surface area contributed by atoms with Crippen molar-refractivity contribution in [1.82, 2.24) is 0 Å². The number of hydrogen-bond donors (Lipinski definition) is 2. The van der Waals surface area contributed by atoms with Gasteiger partial charge < -0.3 is 21.3 Å². The molecule has 0 amide bonds. The normalized spacial score (nSPS) is 11.3. The smallest absolute Gasteiger partial charge is 0.744 e. The van der Waals surface area contributed by atoms with E-state index in [1.54, 1.807) is 30.4 Å². The molecule has 0 fully saturated rings. The van der Waals surface area contributed by atoms with E-state index in [2.05, 4.69) is 9.37 Å². The summed E-state index contributed by atoms with van der Waals surface area (Å²) in [6, 6.07) is 25.1. The molecular weight excluding hydrogens is 570 g/mol. The van der Waals surface area contributed by atoms with Crippen LogP contribution in [0.3, 0.4) is 0 Å². The fraction of sp³-hybridized carbons (Fsp3) is 0. The quantitative estimate of drug-likeness (QED) is 0.0475. The molecule has 0 radical (unpaired) electrons. The van der Waals surface area contributed by atoms with Gasteiger partial charge in [0.15, 0.2) is 0 Å². The van der Waals surface area contributed by atoms with E-state index in [-0.39, 0.29) is 75.3 Å². The minimum absolute atomic E-state index is 0. The number of hydrogen-bond acceptors (Lipinski definition) is 9. The van der Waals surface area contributed by atoms with Crippen molar-refractivity contribution < 1.29 is 86.7 Å². The van der Waals surface area contributed by atoms with Gasteiger partial charge in [-0.2, -0.15) is 4.33 Å². The van der Waals surface area contributed by atoms with Crippen LogP contribution in [0.5, 0.6) is 0 Å². The summed E-state index contributed by atoms with van der Waals surface area (Å²) < 4.78 is 39.1. The van der Waals surface area contributed by atoms with Crippen molar-refractivity contribution in [3.8, 4) is 11.1 Å². The standard InChI is InChI=1S/C28H24N2O6S2.2Na/c29-25-15-13-23(27(17-25)37-36-35-31)11-5-19-1-7-21(8-2-19)22-9-3-20(4-10-22)6-12-24-14-16-26(30)18-28(24)38(32,33)34;;/h1-18,31H,29-30H2,(H,32,33,34);;/q;2*+1/p-2. The molecule has 4 aromatic rings. The van der Waals surface area contributed by atoms with Crippen LogP contribution in [0.15, 0.2) is 94.7 Å². The van der Waals surface area contributed by atoms with Gasteiger partial charge in [-0.1, -0.05) is 85.0 Å². The number of nitrogen functional groups attached to an aromatic ring is 2. The molecule has 4 aromatic carbocycles. The Morgan fingerprint density at radius 2 is 1.15 bits per heavy atom. The Morgan fingerprint density at radius 3 is 1.65 bits per heavy atom. The van der Waals surface area contributed by atoms with Crippen molar-refractivity contribution in [2.24, 2.45) is 0 Å². The molecule has 0 aliphatic carbocycles. The van der Waals surface area contributed by atoms with E-state index < -0.39 is 10.1 Å². The molecule has 0 atom stereocenters.